The zero-order valence-corrected chi connectivity index (χ0v) is 50.8. The van der Waals surface area contributed by atoms with E-state index < -0.39 is 151 Å². The fraction of sp³-hybridized carbons (Fsp3) is 0.667. The number of nitrogens with one attached hydrogen (secondary N) is 12. The summed E-state index contributed by atoms with van der Waals surface area (Å²) in [6, 6.07) is -7.74. The number of fused-ring (bicyclic) bond motifs is 1. The van der Waals surface area contributed by atoms with Gasteiger partial charge in [-0.1, -0.05) is 64.7 Å². The van der Waals surface area contributed by atoms with Crippen molar-refractivity contribution in [3.05, 3.63) is 36.0 Å². The quantitative estimate of drug-likeness (QED) is 0.0339. The van der Waals surface area contributed by atoms with Gasteiger partial charge in [0, 0.05) is 36.5 Å². The molecule has 1 aromatic carbocycles. The molecule has 0 aliphatic carbocycles. The number of H-pyrrole nitrogens is 1. The van der Waals surface area contributed by atoms with E-state index in [1.807, 2.05) is 0 Å². The smallest absolute Gasteiger partial charge is 0.245 e. The molecule has 1 aliphatic heterocycles. The van der Waals surface area contributed by atoms with Crippen molar-refractivity contribution >= 4 is 75.9 Å². The zero-order valence-electron chi connectivity index (χ0n) is 50.8. The SMILES string of the molecule is CCCCCCCC(=O)N[C@@H](CCN)C(=O)N[C@H](C(=O)N[C@@H](CCN)C(=O)NC1CCNC(=O)C([C@@H](C)O)NC(=O)[C@H](CCN)NC(=O)[C@H](CCN)NC(=O)[C@H](CC(C)C)NC(=O)[C@@H](Cc2c[nH]c3ccccc23)NC(=O)C(CCN)NC1=O)[C@@H](C)O. The van der Waals surface area contributed by atoms with Gasteiger partial charge in [0.1, 0.15) is 60.4 Å². The highest BCUT2D eigenvalue weighted by molar-refractivity contribution is 5.99. The van der Waals surface area contributed by atoms with E-state index in [0.717, 1.165) is 25.7 Å². The lowest BCUT2D eigenvalue weighted by molar-refractivity contribution is -0.137. The van der Waals surface area contributed by atoms with E-state index in [1.54, 1.807) is 44.3 Å². The molecule has 11 amide bonds. The highest BCUT2D eigenvalue weighted by atomic mass is 16.3. The maximum absolute atomic E-state index is 14.7. The number of para-hydroxylation sites is 1. The Bertz CT molecular complexity index is 2580. The van der Waals surface area contributed by atoms with Gasteiger partial charge in [0.2, 0.25) is 65.0 Å². The number of carbonyl (C=O) groups excluding carboxylic acids is 11. The Morgan fingerprint density at radius 1 is 0.586 bits per heavy atom. The molecule has 488 valence electrons. The van der Waals surface area contributed by atoms with Crippen LogP contribution in [0.15, 0.2) is 30.5 Å². The average Bonchev–Trinajstić information content (AvgIpc) is 2.48. The maximum Gasteiger partial charge on any atom is 0.245 e. The Morgan fingerprint density at radius 3 is 1.66 bits per heavy atom. The molecule has 30 heteroatoms. The predicted octanol–water partition coefficient (Wildman–Crippen LogP) is -5.01. The number of aliphatic hydroxyl groups excluding tert-OH is 2. The van der Waals surface area contributed by atoms with E-state index in [1.165, 1.54) is 13.8 Å². The Labute approximate surface area is 507 Å². The number of hydrogen-bond donors (Lipinski definition) is 19. The number of aromatic nitrogens is 1. The van der Waals surface area contributed by atoms with Crippen LogP contribution in [0.3, 0.4) is 0 Å². The average molecular weight is 1230 g/mol. The van der Waals surface area contributed by atoms with Crippen LogP contribution in [0.25, 0.3) is 10.9 Å². The van der Waals surface area contributed by atoms with Crippen molar-refractivity contribution in [2.24, 2.45) is 34.6 Å². The first-order valence-electron chi connectivity index (χ1n) is 30.1. The Hall–Kier alpha value is -7.35. The summed E-state index contributed by atoms with van der Waals surface area (Å²) >= 11 is 0. The van der Waals surface area contributed by atoms with Gasteiger partial charge in [-0.3, -0.25) is 52.7 Å². The molecule has 30 nitrogen and oxygen atoms in total. The van der Waals surface area contributed by atoms with E-state index >= 15 is 0 Å². The van der Waals surface area contributed by atoms with Crippen molar-refractivity contribution in [2.45, 2.75) is 197 Å². The van der Waals surface area contributed by atoms with E-state index in [0.29, 0.717) is 22.9 Å². The molecule has 1 fully saturated rings. The summed E-state index contributed by atoms with van der Waals surface area (Å²) < 4.78 is 0. The highest BCUT2D eigenvalue weighted by Gasteiger charge is 2.38. The summed E-state index contributed by atoms with van der Waals surface area (Å²) in [5.41, 5.74) is 30.7. The van der Waals surface area contributed by atoms with Crippen molar-refractivity contribution in [1.29, 1.82) is 0 Å². The second-order valence-electron chi connectivity index (χ2n) is 22.3. The van der Waals surface area contributed by atoms with Crippen LogP contribution in [0.2, 0.25) is 0 Å². The van der Waals surface area contributed by atoms with Gasteiger partial charge in [0.05, 0.1) is 12.2 Å². The zero-order chi connectivity index (χ0) is 64.8. The fourth-order valence-corrected chi connectivity index (χ4v) is 9.70. The Morgan fingerprint density at radius 2 is 1.10 bits per heavy atom. The second-order valence-corrected chi connectivity index (χ2v) is 22.3. The first-order chi connectivity index (χ1) is 41.4. The van der Waals surface area contributed by atoms with Crippen LogP contribution in [0, 0.1) is 5.92 Å². The minimum absolute atomic E-state index is 0.0170. The number of rotatable bonds is 29. The summed E-state index contributed by atoms with van der Waals surface area (Å²) in [6.45, 7) is 6.85. The molecule has 2 aromatic rings. The van der Waals surface area contributed by atoms with Gasteiger partial charge in [-0.05, 0) is 115 Å². The van der Waals surface area contributed by atoms with Gasteiger partial charge in [-0.15, -0.1) is 0 Å². The summed E-state index contributed by atoms with van der Waals surface area (Å²) in [5, 5.41) is 50.5. The number of unbranched alkanes of at least 4 members (excludes halogenated alkanes) is 4. The molecule has 24 N–H and O–H groups in total. The molecule has 2 heterocycles. The van der Waals surface area contributed by atoms with Crippen LogP contribution >= 0.6 is 0 Å². The number of hydrogen-bond acceptors (Lipinski definition) is 18. The Kier molecular flexibility index (Phi) is 32.9. The van der Waals surface area contributed by atoms with Crippen LogP contribution < -0.4 is 87.2 Å². The number of aromatic amines is 1. The topological polar surface area (TPSA) is 506 Å². The normalized spacial score (nSPS) is 22.4. The van der Waals surface area contributed by atoms with Crippen molar-refractivity contribution in [3.8, 4) is 0 Å². The van der Waals surface area contributed by atoms with Gasteiger partial charge in [0.15, 0.2) is 0 Å². The minimum atomic E-state index is -1.70. The van der Waals surface area contributed by atoms with Crippen LogP contribution in [0.5, 0.6) is 0 Å². The number of nitrogens with two attached hydrogens (primary N) is 5. The molecular formula is C57H97N17O13. The van der Waals surface area contributed by atoms with Gasteiger partial charge in [0.25, 0.3) is 0 Å². The minimum Gasteiger partial charge on any atom is -0.391 e. The third-order valence-electron chi connectivity index (χ3n) is 14.5. The molecule has 87 heavy (non-hydrogen) atoms. The predicted molar refractivity (Wildman–Crippen MR) is 323 cm³/mol. The molecule has 1 aromatic heterocycles. The second kappa shape index (κ2) is 38.7. The van der Waals surface area contributed by atoms with Crippen LogP contribution in [0.1, 0.15) is 124 Å². The Balaban J connectivity index is 2.11. The van der Waals surface area contributed by atoms with Crippen molar-refractivity contribution < 1.29 is 63.0 Å². The molecule has 0 spiro atoms. The standard InChI is InChI=1S/C57H97N17O13/c1-6-7-8-9-10-15-45(77)65-37(16-22-58)52(82)74-47(33(5)76)57(87)70-40(19-25-61)49(79)69-42-21-27-63-56(86)46(32(4)75)73-53(83)41(20-26-62)67-48(78)38(17-23-59)68-54(84)43(28-31(2)3)71-55(85)44(72-50(80)39(18-24-60)66-51(42)81)29-34-30-64-36-14-12-11-13-35(34)36/h11-14,30-33,37-44,46-47,64,75-76H,6-10,15-29,58-62H2,1-5H3,(H,63,86)(H,65,77)(H,66,81)(H,67,78)(H,68,84)(H,69,79)(H,70,87)(H,71,85)(H,72,80)(H,73,83)(H,74,82)/t32-,33-,37+,38+,39?,40+,41+,42?,43+,44-,46?,47+/m1/s1. The summed E-state index contributed by atoms with van der Waals surface area (Å²) in [7, 11) is 0. The monoisotopic (exact) mass is 1230 g/mol. The van der Waals surface area contributed by atoms with E-state index in [2.05, 4.69) is 70.4 Å². The first-order valence-corrected chi connectivity index (χ1v) is 30.1. The lowest BCUT2D eigenvalue weighted by atomic mass is 10.00. The summed E-state index contributed by atoms with van der Waals surface area (Å²) in [5.74, 6) is -10.0. The molecule has 12 atom stereocenters. The summed E-state index contributed by atoms with van der Waals surface area (Å²) in [4.78, 5) is 158. The molecule has 3 rings (SSSR count). The molecule has 0 radical (unpaired) electrons. The number of amides is 11. The molecule has 1 saturated heterocycles. The molecule has 3 unspecified atom stereocenters. The van der Waals surface area contributed by atoms with Gasteiger partial charge < -0.3 is 102 Å². The number of aliphatic hydroxyl groups is 2. The van der Waals surface area contributed by atoms with Crippen molar-refractivity contribution in [2.75, 3.05) is 39.3 Å². The van der Waals surface area contributed by atoms with Gasteiger partial charge >= 0.3 is 0 Å². The maximum atomic E-state index is 14.7. The lowest BCUT2D eigenvalue weighted by Crippen LogP contribution is -2.62. The molecule has 0 bridgehead atoms. The molecular weight excluding hydrogens is 1130 g/mol. The van der Waals surface area contributed by atoms with Crippen LogP contribution in [-0.2, 0) is 59.2 Å². The van der Waals surface area contributed by atoms with E-state index in [4.69, 9.17) is 28.7 Å². The third-order valence-corrected chi connectivity index (χ3v) is 14.5. The van der Waals surface area contributed by atoms with Crippen LogP contribution in [0.4, 0.5) is 0 Å². The fourth-order valence-electron chi connectivity index (χ4n) is 9.70. The lowest BCUT2D eigenvalue weighted by Gasteiger charge is -2.29. The first kappa shape index (κ1) is 73.9. The largest absolute Gasteiger partial charge is 0.391 e. The van der Waals surface area contributed by atoms with Gasteiger partial charge in [-0.25, -0.2) is 0 Å². The molecule has 0 saturated carbocycles. The van der Waals surface area contributed by atoms with Crippen molar-refractivity contribution in [3.63, 3.8) is 0 Å². The van der Waals surface area contributed by atoms with Gasteiger partial charge in [-0.2, -0.15) is 0 Å². The number of benzene rings is 1. The van der Waals surface area contributed by atoms with E-state index in [9.17, 15) is 63.0 Å². The molecule has 1 aliphatic rings. The van der Waals surface area contributed by atoms with E-state index in [-0.39, 0.29) is 90.0 Å². The highest BCUT2D eigenvalue weighted by Crippen LogP contribution is 2.20. The van der Waals surface area contributed by atoms with Crippen LogP contribution in [-0.4, -0.2) is 192 Å². The number of carbonyl (C=O) groups is 11. The van der Waals surface area contributed by atoms with Crippen molar-refractivity contribution in [1.82, 2.24) is 63.5 Å². The summed E-state index contributed by atoms with van der Waals surface area (Å²) in [6.07, 6.45) is 1.57. The third kappa shape index (κ3) is 24.7.